The molecule has 4 heteroatoms. The normalized spacial score (nSPS) is 17.7. The van der Waals surface area contributed by atoms with E-state index in [2.05, 4.69) is 70.6 Å². The van der Waals surface area contributed by atoms with Gasteiger partial charge in [-0.3, -0.25) is 0 Å². The maximum atomic E-state index is 10.8. The molecule has 3 nitrogen and oxygen atoms in total. The summed E-state index contributed by atoms with van der Waals surface area (Å²) in [6.45, 7) is 3.62. The summed E-state index contributed by atoms with van der Waals surface area (Å²) in [5, 5.41) is 13.3. The van der Waals surface area contributed by atoms with Crippen LogP contribution in [0.5, 0.6) is 0 Å². The Hall–Kier alpha value is -1.49. The number of aromatic nitrogens is 1. The number of aliphatic hydroxyl groups excluding tert-OH is 1. The van der Waals surface area contributed by atoms with Crippen LogP contribution in [0.2, 0.25) is 0 Å². The largest absolute Gasteiger partial charge is 0.390 e. The van der Waals surface area contributed by atoms with Crippen LogP contribution in [0.1, 0.15) is 19.8 Å². The summed E-state index contributed by atoms with van der Waals surface area (Å²) in [6.07, 6.45) is 4.19. The molecule has 1 atom stereocenters. The number of benzene rings is 2. The van der Waals surface area contributed by atoms with Crippen molar-refractivity contribution < 1.29 is 5.11 Å². The van der Waals surface area contributed by atoms with E-state index in [4.69, 9.17) is 0 Å². The standard InChI is InChI=1S/C20H24N2OS/c1-20(11-12-20)22(24-2)14-15(23)13-21-18-9-5-3-7-16(18)17-8-4-6-10-19(17)21/h3-10,15,23H,11-14H2,1-2H3. The summed E-state index contributed by atoms with van der Waals surface area (Å²) >= 11 is 1.75. The van der Waals surface area contributed by atoms with Gasteiger partial charge in [-0.2, -0.15) is 0 Å². The van der Waals surface area contributed by atoms with Crippen molar-refractivity contribution in [2.24, 2.45) is 0 Å². The monoisotopic (exact) mass is 340 g/mol. The van der Waals surface area contributed by atoms with E-state index < -0.39 is 0 Å². The van der Waals surface area contributed by atoms with Crippen LogP contribution < -0.4 is 0 Å². The van der Waals surface area contributed by atoms with Gasteiger partial charge >= 0.3 is 0 Å². The minimum Gasteiger partial charge on any atom is -0.390 e. The van der Waals surface area contributed by atoms with Crippen molar-refractivity contribution >= 4 is 33.8 Å². The van der Waals surface area contributed by atoms with Gasteiger partial charge in [-0.25, -0.2) is 4.31 Å². The third-order valence-electron chi connectivity index (χ3n) is 5.25. The molecule has 0 radical (unpaired) electrons. The van der Waals surface area contributed by atoms with Gasteiger partial charge in [0, 0.05) is 33.9 Å². The Morgan fingerprint density at radius 2 is 1.62 bits per heavy atom. The van der Waals surface area contributed by atoms with Crippen LogP contribution >= 0.6 is 11.9 Å². The van der Waals surface area contributed by atoms with Crippen molar-refractivity contribution in [3.63, 3.8) is 0 Å². The van der Waals surface area contributed by atoms with Gasteiger partial charge in [0.1, 0.15) is 0 Å². The second kappa shape index (κ2) is 6.10. The van der Waals surface area contributed by atoms with Crippen LogP contribution in [0.4, 0.5) is 0 Å². The number of aliphatic hydroxyl groups is 1. The van der Waals surface area contributed by atoms with Crippen molar-refractivity contribution in [1.82, 2.24) is 8.87 Å². The SMILES string of the molecule is CSN(CC(O)Cn1c2ccccc2c2ccccc21)C1(C)CC1. The molecule has 0 spiro atoms. The smallest absolute Gasteiger partial charge is 0.0855 e. The van der Waals surface area contributed by atoms with E-state index in [9.17, 15) is 5.11 Å². The number of para-hydroxylation sites is 2. The molecule has 3 aromatic rings. The van der Waals surface area contributed by atoms with Gasteiger partial charge in [-0.15, -0.1) is 0 Å². The Labute approximate surface area is 147 Å². The lowest BCUT2D eigenvalue weighted by atomic mass is 10.2. The lowest BCUT2D eigenvalue weighted by molar-refractivity contribution is 0.121. The zero-order valence-corrected chi connectivity index (χ0v) is 15.1. The van der Waals surface area contributed by atoms with Gasteiger partial charge in [-0.1, -0.05) is 48.3 Å². The van der Waals surface area contributed by atoms with Gasteiger partial charge in [0.15, 0.2) is 0 Å². The van der Waals surface area contributed by atoms with Crippen LogP contribution in [0, 0.1) is 0 Å². The predicted molar refractivity (Wildman–Crippen MR) is 103 cm³/mol. The second-order valence-corrected chi connectivity index (χ2v) is 7.85. The molecule has 1 N–H and O–H groups in total. The highest BCUT2D eigenvalue weighted by Crippen LogP contribution is 2.44. The summed E-state index contributed by atoms with van der Waals surface area (Å²) < 4.78 is 4.62. The van der Waals surface area contributed by atoms with Crippen LogP contribution in [0.25, 0.3) is 21.8 Å². The summed E-state index contributed by atoms with van der Waals surface area (Å²) in [7, 11) is 0. The maximum Gasteiger partial charge on any atom is 0.0855 e. The summed E-state index contributed by atoms with van der Waals surface area (Å²) in [6, 6.07) is 16.9. The first kappa shape index (κ1) is 16.0. The molecule has 2 aromatic carbocycles. The van der Waals surface area contributed by atoms with Gasteiger partial charge in [0.05, 0.1) is 12.6 Å². The van der Waals surface area contributed by atoms with Gasteiger partial charge in [0.25, 0.3) is 0 Å². The predicted octanol–water partition coefficient (Wildman–Crippen LogP) is 4.29. The van der Waals surface area contributed by atoms with Gasteiger partial charge in [0.2, 0.25) is 0 Å². The molecule has 0 amide bonds. The number of rotatable bonds is 6. The molecule has 24 heavy (non-hydrogen) atoms. The second-order valence-electron chi connectivity index (χ2n) is 7.04. The lowest BCUT2D eigenvalue weighted by Gasteiger charge is -2.28. The molecule has 4 rings (SSSR count). The maximum absolute atomic E-state index is 10.8. The fourth-order valence-electron chi connectivity index (χ4n) is 3.61. The Bertz CT molecular complexity index is 815. The number of nitrogens with zero attached hydrogens (tertiary/aromatic N) is 2. The molecule has 1 unspecified atom stereocenters. The molecule has 0 saturated heterocycles. The van der Waals surface area contributed by atoms with Crippen molar-refractivity contribution in [2.45, 2.75) is 38.0 Å². The summed E-state index contributed by atoms with van der Waals surface area (Å²) in [4.78, 5) is 0. The van der Waals surface area contributed by atoms with Gasteiger partial charge < -0.3 is 9.67 Å². The highest BCUT2D eigenvalue weighted by Gasteiger charge is 2.43. The molecular formula is C20H24N2OS. The van der Waals surface area contributed by atoms with Crippen molar-refractivity contribution in [2.75, 3.05) is 12.8 Å². The lowest BCUT2D eigenvalue weighted by Crippen LogP contribution is -2.37. The van der Waals surface area contributed by atoms with Crippen LogP contribution in [0.3, 0.4) is 0 Å². The molecule has 1 aromatic heterocycles. The minimum absolute atomic E-state index is 0.279. The van der Waals surface area contributed by atoms with E-state index in [1.54, 1.807) is 11.9 Å². The quantitative estimate of drug-likeness (QED) is 0.679. The van der Waals surface area contributed by atoms with E-state index in [1.807, 2.05) is 0 Å². The van der Waals surface area contributed by atoms with E-state index in [1.165, 1.54) is 34.6 Å². The van der Waals surface area contributed by atoms with Crippen LogP contribution in [-0.2, 0) is 6.54 Å². The Kier molecular flexibility index (Phi) is 4.07. The van der Waals surface area contributed by atoms with Crippen LogP contribution in [-0.4, -0.2) is 38.4 Å². The zero-order valence-electron chi connectivity index (χ0n) is 14.3. The minimum atomic E-state index is -0.380. The third-order valence-corrected chi connectivity index (χ3v) is 6.28. The number of hydrogen-bond donors (Lipinski definition) is 1. The molecule has 1 saturated carbocycles. The van der Waals surface area contributed by atoms with Crippen molar-refractivity contribution in [1.29, 1.82) is 0 Å². The van der Waals surface area contributed by atoms with E-state index in [-0.39, 0.29) is 11.6 Å². The first-order valence-corrected chi connectivity index (χ1v) is 9.76. The van der Waals surface area contributed by atoms with E-state index in [0.29, 0.717) is 13.1 Å². The summed E-state index contributed by atoms with van der Waals surface area (Å²) in [5.74, 6) is 0. The fraction of sp³-hybridized carbons (Fsp3) is 0.400. The number of hydrogen-bond acceptors (Lipinski definition) is 3. The van der Waals surface area contributed by atoms with E-state index >= 15 is 0 Å². The Balaban J connectivity index is 1.65. The third kappa shape index (κ3) is 2.73. The van der Waals surface area contributed by atoms with Crippen molar-refractivity contribution in [3.05, 3.63) is 48.5 Å². The Morgan fingerprint density at radius 1 is 1.08 bits per heavy atom. The topological polar surface area (TPSA) is 28.4 Å². The average molecular weight is 340 g/mol. The van der Waals surface area contributed by atoms with Crippen LogP contribution in [0.15, 0.2) is 48.5 Å². The number of β-amino-alcohol motifs (C(OH)–C–C–N with tert-alkyl or cyclic N) is 1. The highest BCUT2D eigenvalue weighted by molar-refractivity contribution is 7.96. The first-order valence-electron chi connectivity index (χ1n) is 8.58. The first-order chi connectivity index (χ1) is 11.6. The molecular weight excluding hydrogens is 316 g/mol. The Morgan fingerprint density at radius 3 is 2.12 bits per heavy atom. The average Bonchev–Trinajstić information content (AvgIpc) is 3.28. The molecule has 1 heterocycles. The van der Waals surface area contributed by atoms with Gasteiger partial charge in [-0.05, 0) is 38.2 Å². The fourth-order valence-corrected chi connectivity index (χ4v) is 4.55. The van der Waals surface area contributed by atoms with Crippen molar-refractivity contribution in [3.8, 4) is 0 Å². The van der Waals surface area contributed by atoms with E-state index in [0.717, 1.165) is 0 Å². The molecule has 0 bridgehead atoms. The molecule has 1 fully saturated rings. The number of fused-ring (bicyclic) bond motifs is 3. The summed E-state index contributed by atoms with van der Waals surface area (Å²) in [5.41, 5.74) is 2.68. The molecule has 0 aliphatic heterocycles. The zero-order chi connectivity index (χ0) is 16.7. The molecule has 126 valence electrons. The molecule has 1 aliphatic carbocycles. The highest BCUT2D eigenvalue weighted by atomic mass is 32.2. The molecule has 1 aliphatic rings.